The lowest BCUT2D eigenvalue weighted by atomic mass is 9.78. The maximum atomic E-state index is 5.64. The largest absolute Gasteiger partial charge is 0.346 e. The molecule has 0 spiro atoms. The smallest absolute Gasteiger partial charge is 0.173 e. The number of anilines is 1. The summed E-state index contributed by atoms with van der Waals surface area (Å²) in [5.74, 6) is 0.873. The first-order valence-electron chi connectivity index (χ1n) is 7.47. The Morgan fingerprint density at radius 3 is 2.63 bits per heavy atom. The summed E-state index contributed by atoms with van der Waals surface area (Å²) in [6, 6.07) is 11.0. The van der Waals surface area contributed by atoms with Gasteiger partial charge in [0.2, 0.25) is 0 Å². The Bertz CT molecular complexity index is 430. The minimum absolute atomic E-state index is 0.686. The van der Waals surface area contributed by atoms with E-state index < -0.39 is 0 Å². The molecule has 1 aliphatic heterocycles. The number of hydrogen-bond donors (Lipinski definition) is 1. The lowest BCUT2D eigenvalue weighted by Gasteiger charge is -2.45. The van der Waals surface area contributed by atoms with Gasteiger partial charge in [0.15, 0.2) is 5.11 Å². The summed E-state index contributed by atoms with van der Waals surface area (Å²) in [6.07, 6.45) is 8.18. The summed E-state index contributed by atoms with van der Waals surface area (Å²) < 4.78 is 0. The van der Waals surface area contributed by atoms with E-state index in [4.69, 9.17) is 12.2 Å². The molecule has 1 aromatic carbocycles. The molecule has 1 N–H and O–H groups in total. The first kappa shape index (κ1) is 12.9. The molecule has 1 saturated heterocycles. The van der Waals surface area contributed by atoms with E-state index in [1.165, 1.54) is 38.5 Å². The molecule has 3 heteroatoms. The van der Waals surface area contributed by atoms with Crippen LogP contribution in [0.15, 0.2) is 30.3 Å². The van der Waals surface area contributed by atoms with Crippen molar-refractivity contribution in [3.8, 4) is 0 Å². The molecule has 0 unspecified atom stereocenters. The van der Waals surface area contributed by atoms with E-state index in [1.807, 2.05) is 18.2 Å². The Labute approximate surface area is 121 Å². The molecule has 2 fully saturated rings. The van der Waals surface area contributed by atoms with Crippen LogP contribution in [-0.2, 0) is 0 Å². The highest BCUT2D eigenvalue weighted by molar-refractivity contribution is 7.80. The molecule has 0 bridgehead atoms. The molecule has 2 nitrogen and oxygen atoms in total. The molecule has 19 heavy (non-hydrogen) atoms. The van der Waals surface area contributed by atoms with Gasteiger partial charge in [0.25, 0.3) is 0 Å². The number of hydrogen-bond acceptors (Lipinski definition) is 1. The average Bonchev–Trinajstić information content (AvgIpc) is 2.47. The van der Waals surface area contributed by atoms with Gasteiger partial charge in [-0.3, -0.25) is 0 Å². The fourth-order valence-electron chi connectivity index (χ4n) is 3.59. The predicted octanol–water partition coefficient (Wildman–Crippen LogP) is 4.04. The minimum Gasteiger partial charge on any atom is -0.346 e. The van der Waals surface area contributed by atoms with Crippen LogP contribution in [-0.4, -0.2) is 22.6 Å². The van der Waals surface area contributed by atoms with Crippen molar-refractivity contribution < 1.29 is 0 Å². The number of rotatable bonds is 1. The molecule has 102 valence electrons. The van der Waals surface area contributed by atoms with Crippen molar-refractivity contribution in [2.24, 2.45) is 5.92 Å². The summed E-state index contributed by atoms with van der Waals surface area (Å²) in [4.78, 5) is 2.45. The van der Waals surface area contributed by atoms with Crippen LogP contribution in [0.3, 0.4) is 0 Å². The van der Waals surface area contributed by atoms with E-state index in [0.717, 1.165) is 23.3 Å². The SMILES string of the molecule is S=C(Nc1ccccc1)N1CCC[C@H]2CCCC[C@@H]21. The third-order valence-electron chi connectivity index (χ3n) is 4.53. The van der Waals surface area contributed by atoms with Crippen molar-refractivity contribution >= 4 is 23.0 Å². The number of para-hydroxylation sites is 1. The first-order chi connectivity index (χ1) is 9.34. The zero-order valence-corrected chi connectivity index (χ0v) is 12.2. The number of nitrogens with zero attached hydrogens (tertiary/aromatic N) is 1. The highest BCUT2D eigenvalue weighted by atomic mass is 32.1. The highest BCUT2D eigenvalue weighted by Gasteiger charge is 2.34. The molecule has 1 saturated carbocycles. The van der Waals surface area contributed by atoms with Crippen LogP contribution in [0.1, 0.15) is 38.5 Å². The van der Waals surface area contributed by atoms with E-state index in [2.05, 4.69) is 22.3 Å². The van der Waals surface area contributed by atoms with Gasteiger partial charge in [-0.25, -0.2) is 0 Å². The summed E-state index contributed by atoms with van der Waals surface area (Å²) in [7, 11) is 0. The fourth-order valence-corrected chi connectivity index (χ4v) is 3.94. The van der Waals surface area contributed by atoms with E-state index in [0.29, 0.717) is 6.04 Å². The summed E-state index contributed by atoms with van der Waals surface area (Å²) in [5, 5.41) is 4.32. The van der Waals surface area contributed by atoms with Crippen molar-refractivity contribution in [3.05, 3.63) is 30.3 Å². The molecule has 2 aliphatic rings. The molecule has 0 radical (unpaired) electrons. The van der Waals surface area contributed by atoms with Gasteiger partial charge in [-0.15, -0.1) is 0 Å². The number of nitrogens with one attached hydrogen (secondary N) is 1. The number of fused-ring (bicyclic) bond motifs is 1. The predicted molar refractivity (Wildman–Crippen MR) is 84.3 cm³/mol. The van der Waals surface area contributed by atoms with Crippen LogP contribution in [0.5, 0.6) is 0 Å². The number of benzene rings is 1. The Kier molecular flexibility index (Phi) is 4.02. The second-order valence-electron chi connectivity index (χ2n) is 5.74. The number of thiocarbonyl (C=S) groups is 1. The molecule has 0 amide bonds. The van der Waals surface area contributed by atoms with Crippen LogP contribution in [0.4, 0.5) is 5.69 Å². The van der Waals surface area contributed by atoms with Gasteiger partial charge in [-0.2, -0.15) is 0 Å². The third-order valence-corrected chi connectivity index (χ3v) is 4.87. The van der Waals surface area contributed by atoms with Crippen LogP contribution in [0.2, 0.25) is 0 Å². The summed E-state index contributed by atoms with van der Waals surface area (Å²) >= 11 is 5.64. The Morgan fingerprint density at radius 2 is 1.79 bits per heavy atom. The molecular weight excluding hydrogens is 252 g/mol. The van der Waals surface area contributed by atoms with E-state index in [-0.39, 0.29) is 0 Å². The molecule has 3 rings (SSSR count). The van der Waals surface area contributed by atoms with Crippen molar-refractivity contribution in [1.82, 2.24) is 4.90 Å². The van der Waals surface area contributed by atoms with E-state index >= 15 is 0 Å². The molecular formula is C16H22N2S. The van der Waals surface area contributed by atoms with Crippen LogP contribution >= 0.6 is 12.2 Å². The Balaban J connectivity index is 1.68. The lowest BCUT2D eigenvalue weighted by molar-refractivity contribution is 0.121. The van der Waals surface area contributed by atoms with Crippen molar-refractivity contribution in [2.75, 3.05) is 11.9 Å². The third kappa shape index (κ3) is 2.92. The van der Waals surface area contributed by atoms with Crippen LogP contribution < -0.4 is 5.32 Å². The summed E-state index contributed by atoms with van der Waals surface area (Å²) in [6.45, 7) is 1.12. The standard InChI is InChI=1S/C16H22N2S/c19-16(17-14-9-2-1-3-10-14)18-12-6-8-13-7-4-5-11-15(13)18/h1-3,9-10,13,15H,4-8,11-12H2,(H,17,19)/t13-,15+/m1/s1. The molecule has 0 aromatic heterocycles. The zero-order chi connectivity index (χ0) is 13.1. The van der Waals surface area contributed by atoms with Gasteiger partial charge >= 0.3 is 0 Å². The number of piperidine rings is 1. The molecule has 1 heterocycles. The Morgan fingerprint density at radius 1 is 1.05 bits per heavy atom. The maximum Gasteiger partial charge on any atom is 0.173 e. The van der Waals surface area contributed by atoms with Crippen LogP contribution in [0.25, 0.3) is 0 Å². The van der Waals surface area contributed by atoms with Gasteiger partial charge < -0.3 is 10.2 Å². The highest BCUT2D eigenvalue weighted by Crippen LogP contribution is 2.35. The van der Waals surface area contributed by atoms with E-state index in [9.17, 15) is 0 Å². The maximum absolute atomic E-state index is 5.64. The summed E-state index contributed by atoms with van der Waals surface area (Å²) in [5.41, 5.74) is 1.10. The van der Waals surface area contributed by atoms with Gasteiger partial charge in [0.05, 0.1) is 0 Å². The minimum atomic E-state index is 0.686. The molecule has 1 aromatic rings. The van der Waals surface area contributed by atoms with Crippen molar-refractivity contribution in [2.45, 2.75) is 44.6 Å². The van der Waals surface area contributed by atoms with Gasteiger partial charge in [-0.1, -0.05) is 31.0 Å². The fraction of sp³-hybridized carbons (Fsp3) is 0.562. The molecule has 2 atom stereocenters. The number of likely N-dealkylation sites (tertiary alicyclic amines) is 1. The van der Waals surface area contributed by atoms with Crippen molar-refractivity contribution in [3.63, 3.8) is 0 Å². The normalized spacial score (nSPS) is 26.6. The molecule has 1 aliphatic carbocycles. The topological polar surface area (TPSA) is 15.3 Å². The van der Waals surface area contributed by atoms with Crippen molar-refractivity contribution in [1.29, 1.82) is 0 Å². The zero-order valence-electron chi connectivity index (χ0n) is 11.3. The second-order valence-corrected chi connectivity index (χ2v) is 6.13. The lowest BCUT2D eigenvalue weighted by Crippen LogP contribution is -2.51. The van der Waals surface area contributed by atoms with Gasteiger partial charge in [0.1, 0.15) is 0 Å². The average molecular weight is 274 g/mol. The Hall–Kier alpha value is -1.09. The van der Waals surface area contributed by atoms with Gasteiger partial charge in [0, 0.05) is 18.3 Å². The second kappa shape index (κ2) is 5.91. The first-order valence-corrected chi connectivity index (χ1v) is 7.88. The van der Waals surface area contributed by atoms with Gasteiger partial charge in [-0.05, 0) is 56.0 Å². The van der Waals surface area contributed by atoms with E-state index in [1.54, 1.807) is 0 Å². The van der Waals surface area contributed by atoms with Crippen LogP contribution in [0, 0.1) is 5.92 Å². The quantitative estimate of drug-likeness (QED) is 0.778. The monoisotopic (exact) mass is 274 g/mol.